The van der Waals surface area contributed by atoms with Crippen molar-refractivity contribution in [3.8, 4) is 5.75 Å². The van der Waals surface area contributed by atoms with Crippen LogP contribution in [0.3, 0.4) is 0 Å². The number of halogens is 1. The third-order valence-corrected chi connectivity index (χ3v) is 3.69. The number of hydrogen-bond acceptors (Lipinski definition) is 3. The Morgan fingerprint density at radius 1 is 1.14 bits per heavy atom. The highest BCUT2D eigenvalue weighted by Gasteiger charge is 2.03. The molecule has 3 rings (SSSR count). The molecule has 2 aromatic carbocycles. The summed E-state index contributed by atoms with van der Waals surface area (Å²) >= 11 is 6.22. The summed E-state index contributed by atoms with van der Waals surface area (Å²) in [5.74, 6) is 0.836. The summed E-state index contributed by atoms with van der Waals surface area (Å²) in [6, 6.07) is 17.7. The average Bonchev–Trinajstić information content (AvgIpc) is 2.55. The molecule has 0 bridgehead atoms. The van der Waals surface area contributed by atoms with Gasteiger partial charge in [-0.15, -0.1) is 0 Å². The van der Waals surface area contributed by atoms with Crippen molar-refractivity contribution in [1.82, 2.24) is 4.98 Å². The van der Waals surface area contributed by atoms with E-state index in [1.165, 1.54) is 0 Å². The van der Waals surface area contributed by atoms with Crippen LogP contribution in [0, 0.1) is 0 Å². The maximum Gasteiger partial charge on any atom is 0.138 e. The standard InChI is InChI=1S/C18H15ClN2O/c1-22-17-9-5-3-7-14(17)11-20-12-15-10-13-6-2-4-8-16(13)21-18(15)19/h2-10,12H,11H2,1H3. The second kappa shape index (κ2) is 6.58. The van der Waals surface area contributed by atoms with Gasteiger partial charge in [0, 0.05) is 22.7 Å². The summed E-state index contributed by atoms with van der Waals surface area (Å²) in [6.07, 6.45) is 1.76. The van der Waals surface area contributed by atoms with Crippen molar-refractivity contribution in [2.24, 2.45) is 4.99 Å². The van der Waals surface area contributed by atoms with Gasteiger partial charge in [0.15, 0.2) is 0 Å². The first-order chi connectivity index (χ1) is 10.8. The van der Waals surface area contributed by atoms with Gasteiger partial charge in [-0.25, -0.2) is 4.98 Å². The van der Waals surface area contributed by atoms with E-state index in [4.69, 9.17) is 16.3 Å². The summed E-state index contributed by atoms with van der Waals surface area (Å²) in [5, 5.41) is 1.51. The first kappa shape index (κ1) is 14.5. The van der Waals surface area contributed by atoms with E-state index in [0.717, 1.165) is 27.8 Å². The third kappa shape index (κ3) is 3.10. The SMILES string of the molecule is COc1ccccc1CN=Cc1cc2ccccc2nc1Cl. The number of hydrogen-bond donors (Lipinski definition) is 0. The van der Waals surface area contributed by atoms with Crippen molar-refractivity contribution >= 4 is 28.7 Å². The summed E-state index contributed by atoms with van der Waals surface area (Å²) in [7, 11) is 1.66. The van der Waals surface area contributed by atoms with Crippen LogP contribution in [0.2, 0.25) is 5.15 Å². The number of aliphatic imine (C=N–C) groups is 1. The molecule has 0 unspecified atom stereocenters. The van der Waals surface area contributed by atoms with Crippen LogP contribution in [-0.2, 0) is 6.54 Å². The lowest BCUT2D eigenvalue weighted by Gasteiger charge is -2.05. The number of para-hydroxylation sites is 2. The molecule has 4 heteroatoms. The van der Waals surface area contributed by atoms with Gasteiger partial charge in [0.1, 0.15) is 10.9 Å². The molecule has 1 aromatic heterocycles. The Kier molecular flexibility index (Phi) is 4.35. The van der Waals surface area contributed by atoms with E-state index in [1.807, 2.05) is 54.6 Å². The number of ether oxygens (including phenoxy) is 1. The molecule has 0 N–H and O–H groups in total. The molecule has 0 spiro atoms. The van der Waals surface area contributed by atoms with Crippen LogP contribution in [0.15, 0.2) is 59.6 Å². The van der Waals surface area contributed by atoms with Crippen molar-refractivity contribution in [3.05, 3.63) is 70.9 Å². The van der Waals surface area contributed by atoms with Gasteiger partial charge in [0.2, 0.25) is 0 Å². The molecule has 0 saturated carbocycles. The zero-order chi connectivity index (χ0) is 15.4. The number of aromatic nitrogens is 1. The minimum Gasteiger partial charge on any atom is -0.496 e. The smallest absolute Gasteiger partial charge is 0.138 e. The number of methoxy groups -OCH3 is 1. The maximum atomic E-state index is 6.22. The van der Waals surface area contributed by atoms with Crippen LogP contribution < -0.4 is 4.74 Å². The topological polar surface area (TPSA) is 34.5 Å². The second-order valence-electron chi connectivity index (χ2n) is 4.84. The van der Waals surface area contributed by atoms with Gasteiger partial charge in [0.25, 0.3) is 0 Å². The van der Waals surface area contributed by atoms with E-state index >= 15 is 0 Å². The highest BCUT2D eigenvalue weighted by atomic mass is 35.5. The van der Waals surface area contributed by atoms with Crippen molar-refractivity contribution in [3.63, 3.8) is 0 Å². The number of rotatable bonds is 4. The van der Waals surface area contributed by atoms with Gasteiger partial charge in [-0.3, -0.25) is 4.99 Å². The van der Waals surface area contributed by atoms with Crippen LogP contribution in [0.25, 0.3) is 10.9 Å². The first-order valence-electron chi connectivity index (χ1n) is 6.95. The zero-order valence-electron chi connectivity index (χ0n) is 12.2. The minimum atomic E-state index is 0.461. The largest absolute Gasteiger partial charge is 0.496 e. The predicted octanol–water partition coefficient (Wildman–Crippen LogP) is 4.52. The molecule has 0 aliphatic rings. The quantitative estimate of drug-likeness (QED) is 0.524. The lowest BCUT2D eigenvalue weighted by molar-refractivity contribution is 0.410. The minimum absolute atomic E-state index is 0.461. The van der Waals surface area contributed by atoms with Crippen LogP contribution in [0.4, 0.5) is 0 Å². The summed E-state index contributed by atoms with van der Waals surface area (Å²) < 4.78 is 5.32. The highest BCUT2D eigenvalue weighted by Crippen LogP contribution is 2.20. The third-order valence-electron chi connectivity index (χ3n) is 3.39. The Balaban J connectivity index is 1.85. The Bertz CT molecular complexity index is 830. The van der Waals surface area contributed by atoms with Gasteiger partial charge < -0.3 is 4.74 Å². The van der Waals surface area contributed by atoms with Crippen LogP contribution >= 0.6 is 11.6 Å². The van der Waals surface area contributed by atoms with Crippen LogP contribution in [-0.4, -0.2) is 18.3 Å². The molecule has 3 aromatic rings. The van der Waals surface area contributed by atoms with Gasteiger partial charge >= 0.3 is 0 Å². The van der Waals surface area contributed by atoms with Gasteiger partial charge in [-0.2, -0.15) is 0 Å². The molecule has 0 amide bonds. The lowest BCUT2D eigenvalue weighted by Crippen LogP contribution is -1.92. The molecule has 0 radical (unpaired) electrons. The summed E-state index contributed by atoms with van der Waals surface area (Å²) in [6.45, 7) is 0.535. The summed E-state index contributed by atoms with van der Waals surface area (Å²) in [5.41, 5.74) is 2.73. The van der Waals surface area contributed by atoms with Crippen LogP contribution in [0.1, 0.15) is 11.1 Å². The molecule has 0 saturated heterocycles. The predicted molar refractivity (Wildman–Crippen MR) is 91.0 cm³/mol. The number of nitrogens with zero attached hydrogens (tertiary/aromatic N) is 2. The average molecular weight is 311 g/mol. The van der Waals surface area contributed by atoms with Crippen molar-refractivity contribution in [1.29, 1.82) is 0 Å². The van der Waals surface area contributed by atoms with Gasteiger partial charge in [-0.1, -0.05) is 48.0 Å². The molecular weight excluding hydrogens is 296 g/mol. The Morgan fingerprint density at radius 2 is 1.91 bits per heavy atom. The number of benzene rings is 2. The number of pyridine rings is 1. The normalized spacial score (nSPS) is 11.2. The van der Waals surface area contributed by atoms with Crippen molar-refractivity contribution in [2.75, 3.05) is 7.11 Å². The Hall–Kier alpha value is -2.39. The van der Waals surface area contributed by atoms with Gasteiger partial charge in [-0.05, 0) is 18.2 Å². The zero-order valence-corrected chi connectivity index (χ0v) is 12.9. The van der Waals surface area contributed by atoms with Gasteiger partial charge in [0.05, 0.1) is 19.2 Å². The van der Waals surface area contributed by atoms with Crippen molar-refractivity contribution in [2.45, 2.75) is 6.54 Å². The molecule has 0 aliphatic carbocycles. The molecule has 1 heterocycles. The lowest BCUT2D eigenvalue weighted by atomic mass is 10.1. The first-order valence-corrected chi connectivity index (χ1v) is 7.33. The molecule has 0 aliphatic heterocycles. The molecular formula is C18H15ClN2O. The fourth-order valence-corrected chi connectivity index (χ4v) is 2.47. The molecule has 0 atom stereocenters. The van der Waals surface area contributed by atoms with E-state index in [2.05, 4.69) is 9.98 Å². The van der Waals surface area contributed by atoms with Crippen molar-refractivity contribution < 1.29 is 4.74 Å². The van der Waals surface area contributed by atoms with E-state index in [1.54, 1.807) is 13.3 Å². The fraction of sp³-hybridized carbons (Fsp3) is 0.111. The molecule has 110 valence electrons. The Labute approximate surface area is 134 Å². The van der Waals surface area contributed by atoms with E-state index < -0.39 is 0 Å². The molecule has 0 fully saturated rings. The fourth-order valence-electron chi connectivity index (χ4n) is 2.28. The number of fused-ring (bicyclic) bond motifs is 1. The monoisotopic (exact) mass is 310 g/mol. The van der Waals surface area contributed by atoms with E-state index in [9.17, 15) is 0 Å². The maximum absolute atomic E-state index is 6.22. The molecule has 3 nitrogen and oxygen atoms in total. The van der Waals surface area contributed by atoms with E-state index in [-0.39, 0.29) is 0 Å². The van der Waals surface area contributed by atoms with Crippen LogP contribution in [0.5, 0.6) is 5.75 Å². The molecule has 22 heavy (non-hydrogen) atoms. The second-order valence-corrected chi connectivity index (χ2v) is 5.20. The Morgan fingerprint density at radius 3 is 2.77 bits per heavy atom. The highest BCUT2D eigenvalue weighted by molar-refractivity contribution is 6.32. The van der Waals surface area contributed by atoms with E-state index in [0.29, 0.717) is 11.7 Å². The summed E-state index contributed by atoms with van der Waals surface area (Å²) in [4.78, 5) is 8.84.